The van der Waals surface area contributed by atoms with E-state index in [1.807, 2.05) is 6.07 Å². The van der Waals surface area contributed by atoms with Crippen molar-refractivity contribution in [3.8, 4) is 0 Å². The van der Waals surface area contributed by atoms with Gasteiger partial charge in [-0.15, -0.1) is 23.7 Å². The van der Waals surface area contributed by atoms with Gasteiger partial charge in [0.15, 0.2) is 0 Å². The summed E-state index contributed by atoms with van der Waals surface area (Å²) in [5.74, 6) is 0. The number of hydrogen-bond donors (Lipinski definition) is 1. The summed E-state index contributed by atoms with van der Waals surface area (Å²) in [5.41, 5.74) is 0. The maximum Gasteiger partial charge on any atom is 0.143 e. The van der Waals surface area contributed by atoms with Gasteiger partial charge in [0, 0.05) is 11.4 Å². The number of nitrogens with one attached hydrogen (secondary N) is 1. The van der Waals surface area contributed by atoms with Gasteiger partial charge in [0.05, 0.1) is 10.4 Å². The molecule has 12 heavy (non-hydrogen) atoms. The largest absolute Gasteiger partial charge is 0.357 e. The van der Waals surface area contributed by atoms with Crippen LogP contribution in [0.1, 0.15) is 11.1 Å². The van der Waals surface area contributed by atoms with Gasteiger partial charge in [-0.2, -0.15) is 0 Å². The molecule has 0 radical (unpaired) electrons. The van der Waals surface area contributed by atoms with Gasteiger partial charge in [-0.1, -0.05) is 0 Å². The summed E-state index contributed by atoms with van der Waals surface area (Å²) < 4.78 is 6.59. The highest BCUT2D eigenvalue weighted by atomic mass is 79.9. The Hall–Kier alpha value is 0.390. The molecule has 0 aromatic carbocycles. The third-order valence-corrected chi connectivity index (χ3v) is 3.24. The number of rotatable bonds is 1. The Kier molecular flexibility index (Phi) is 3.99. The quantitative estimate of drug-likeness (QED) is 0.847. The van der Waals surface area contributed by atoms with Crippen LogP contribution in [0.3, 0.4) is 0 Å². The topological polar surface area (TPSA) is 21.3 Å². The van der Waals surface area contributed by atoms with E-state index in [9.17, 15) is 0 Å². The zero-order valence-electron chi connectivity index (χ0n) is 6.25. The van der Waals surface area contributed by atoms with E-state index >= 15 is 0 Å². The Morgan fingerprint density at radius 1 is 1.58 bits per heavy atom. The van der Waals surface area contributed by atoms with Gasteiger partial charge in [0.25, 0.3) is 0 Å². The molecule has 0 amide bonds. The van der Waals surface area contributed by atoms with E-state index in [4.69, 9.17) is 4.74 Å². The summed E-state index contributed by atoms with van der Waals surface area (Å²) in [7, 11) is 0. The van der Waals surface area contributed by atoms with E-state index in [1.54, 1.807) is 11.3 Å². The van der Waals surface area contributed by atoms with Crippen molar-refractivity contribution in [2.75, 3.05) is 13.2 Å². The highest BCUT2D eigenvalue weighted by molar-refractivity contribution is 9.11. The molecular formula is C7H9BrClNOS. The summed E-state index contributed by atoms with van der Waals surface area (Å²) in [6, 6.07) is 4.13. The summed E-state index contributed by atoms with van der Waals surface area (Å²) in [6.07, 6.45) is 0.131. The van der Waals surface area contributed by atoms with E-state index in [-0.39, 0.29) is 18.6 Å². The Morgan fingerprint density at radius 2 is 2.42 bits per heavy atom. The molecule has 1 N–H and O–H groups in total. The summed E-state index contributed by atoms with van der Waals surface area (Å²) >= 11 is 5.13. The zero-order valence-corrected chi connectivity index (χ0v) is 9.47. The van der Waals surface area contributed by atoms with E-state index in [1.165, 1.54) is 4.88 Å². The number of ether oxygens (including phenoxy) is 1. The smallest absolute Gasteiger partial charge is 0.143 e. The van der Waals surface area contributed by atoms with Crippen molar-refractivity contribution >= 4 is 39.7 Å². The molecule has 0 saturated carbocycles. The van der Waals surface area contributed by atoms with Crippen LogP contribution in [-0.2, 0) is 4.74 Å². The highest BCUT2D eigenvalue weighted by Crippen LogP contribution is 2.28. The van der Waals surface area contributed by atoms with Crippen LogP contribution in [0, 0.1) is 0 Å². The van der Waals surface area contributed by atoms with Crippen molar-refractivity contribution in [2.45, 2.75) is 6.23 Å². The second kappa shape index (κ2) is 4.58. The number of thiophene rings is 1. The zero-order chi connectivity index (χ0) is 7.68. The standard InChI is InChI=1S/C7H8BrNOS.ClH/c8-6-2-1-5(11-6)7-9-3-4-10-7;/h1-2,7,9H,3-4H2;1H. The van der Waals surface area contributed by atoms with Gasteiger partial charge in [-0.3, -0.25) is 5.32 Å². The molecule has 1 fully saturated rings. The second-order valence-electron chi connectivity index (χ2n) is 2.35. The minimum atomic E-state index is 0. The normalized spacial score (nSPS) is 22.2. The van der Waals surface area contributed by atoms with Crippen molar-refractivity contribution in [1.29, 1.82) is 0 Å². The van der Waals surface area contributed by atoms with Crippen LogP contribution in [0.5, 0.6) is 0 Å². The van der Waals surface area contributed by atoms with Gasteiger partial charge >= 0.3 is 0 Å². The van der Waals surface area contributed by atoms with Crippen molar-refractivity contribution in [1.82, 2.24) is 5.32 Å². The van der Waals surface area contributed by atoms with Crippen molar-refractivity contribution in [3.05, 3.63) is 20.8 Å². The van der Waals surface area contributed by atoms with Crippen LogP contribution < -0.4 is 5.32 Å². The highest BCUT2D eigenvalue weighted by Gasteiger charge is 2.17. The van der Waals surface area contributed by atoms with Gasteiger partial charge in [-0.05, 0) is 28.1 Å². The van der Waals surface area contributed by atoms with Crippen LogP contribution in [0.15, 0.2) is 15.9 Å². The SMILES string of the molecule is Brc1ccc(C2NCCO2)s1.Cl. The van der Waals surface area contributed by atoms with Crippen molar-refractivity contribution in [3.63, 3.8) is 0 Å². The fourth-order valence-electron chi connectivity index (χ4n) is 1.08. The van der Waals surface area contributed by atoms with Gasteiger partial charge < -0.3 is 4.74 Å². The third-order valence-electron chi connectivity index (χ3n) is 1.57. The lowest BCUT2D eigenvalue weighted by molar-refractivity contribution is 0.105. The van der Waals surface area contributed by atoms with Crippen molar-refractivity contribution < 1.29 is 4.74 Å². The van der Waals surface area contributed by atoms with Gasteiger partial charge in [0.1, 0.15) is 6.23 Å². The maximum atomic E-state index is 5.43. The minimum Gasteiger partial charge on any atom is -0.357 e. The van der Waals surface area contributed by atoms with Crippen LogP contribution in [0.2, 0.25) is 0 Å². The Morgan fingerprint density at radius 3 is 2.92 bits per heavy atom. The third kappa shape index (κ3) is 2.20. The second-order valence-corrected chi connectivity index (χ2v) is 4.84. The molecule has 5 heteroatoms. The molecule has 0 aliphatic carbocycles. The van der Waals surface area contributed by atoms with Crippen LogP contribution in [0.25, 0.3) is 0 Å². The molecule has 0 bridgehead atoms. The first-order valence-electron chi connectivity index (χ1n) is 3.46. The maximum absolute atomic E-state index is 5.43. The molecule has 68 valence electrons. The molecule has 2 heterocycles. The first-order valence-corrected chi connectivity index (χ1v) is 5.07. The number of halogens is 2. The van der Waals surface area contributed by atoms with Crippen LogP contribution in [0.4, 0.5) is 0 Å². The first-order chi connectivity index (χ1) is 5.36. The fourth-order valence-corrected chi connectivity index (χ4v) is 2.53. The van der Waals surface area contributed by atoms with E-state index in [0.29, 0.717) is 0 Å². The molecule has 1 saturated heterocycles. The number of hydrogen-bond acceptors (Lipinski definition) is 3. The molecule has 2 rings (SSSR count). The predicted molar refractivity (Wildman–Crippen MR) is 56.0 cm³/mol. The summed E-state index contributed by atoms with van der Waals surface area (Å²) in [4.78, 5) is 1.24. The fraction of sp³-hybridized carbons (Fsp3) is 0.429. The molecule has 1 unspecified atom stereocenters. The molecular weight excluding hydrogens is 262 g/mol. The van der Waals surface area contributed by atoms with Gasteiger partial charge in [0.2, 0.25) is 0 Å². The molecule has 0 spiro atoms. The van der Waals surface area contributed by atoms with Crippen LogP contribution in [-0.4, -0.2) is 13.2 Å². The molecule has 1 atom stereocenters. The molecule has 1 aromatic rings. The summed E-state index contributed by atoms with van der Waals surface area (Å²) in [6.45, 7) is 1.78. The molecule has 2 nitrogen and oxygen atoms in total. The molecule has 1 aliphatic heterocycles. The van der Waals surface area contributed by atoms with Gasteiger partial charge in [-0.25, -0.2) is 0 Å². The Labute approximate surface area is 89.8 Å². The minimum absolute atomic E-state index is 0. The Bertz CT molecular complexity index is 249. The molecule has 1 aliphatic rings. The monoisotopic (exact) mass is 269 g/mol. The molecule has 1 aromatic heterocycles. The van der Waals surface area contributed by atoms with E-state index in [2.05, 4.69) is 27.3 Å². The Balaban J connectivity index is 0.000000720. The predicted octanol–water partition coefficient (Wildman–Crippen LogP) is 2.55. The first kappa shape index (κ1) is 10.5. The lowest BCUT2D eigenvalue weighted by Crippen LogP contribution is -2.12. The lowest BCUT2D eigenvalue weighted by Gasteiger charge is -2.05. The van der Waals surface area contributed by atoms with Crippen molar-refractivity contribution in [2.24, 2.45) is 0 Å². The average Bonchev–Trinajstić information content (AvgIpc) is 2.55. The van der Waals surface area contributed by atoms with Crippen LogP contribution >= 0.6 is 39.7 Å². The lowest BCUT2D eigenvalue weighted by atomic mass is 10.4. The average molecular weight is 271 g/mol. The summed E-state index contributed by atoms with van der Waals surface area (Å²) in [5, 5.41) is 3.25. The van der Waals surface area contributed by atoms with E-state index in [0.717, 1.165) is 16.9 Å². The van der Waals surface area contributed by atoms with E-state index < -0.39 is 0 Å².